The molecule has 5 nitrogen and oxygen atoms in total. The van der Waals surface area contributed by atoms with Gasteiger partial charge in [-0.2, -0.15) is 13.2 Å². The Balaban J connectivity index is 1.50. The van der Waals surface area contributed by atoms with E-state index in [1.807, 2.05) is 0 Å². The van der Waals surface area contributed by atoms with Crippen molar-refractivity contribution in [2.75, 3.05) is 32.8 Å². The first-order valence-corrected chi connectivity index (χ1v) is 8.87. The molecular formula is C20H18F4N2O3. The molecule has 0 saturated carbocycles. The number of rotatable bonds is 4. The molecule has 0 radical (unpaired) electrons. The minimum Gasteiger partial charge on any atom is -0.484 e. The molecule has 3 rings (SSSR count). The number of benzene rings is 2. The summed E-state index contributed by atoms with van der Waals surface area (Å²) in [7, 11) is 0. The Morgan fingerprint density at radius 1 is 0.931 bits per heavy atom. The number of alkyl halides is 3. The Bertz CT molecular complexity index is 876. The molecule has 29 heavy (non-hydrogen) atoms. The highest BCUT2D eigenvalue weighted by atomic mass is 19.4. The van der Waals surface area contributed by atoms with Crippen molar-refractivity contribution >= 4 is 11.8 Å². The maximum absolute atomic E-state index is 13.1. The summed E-state index contributed by atoms with van der Waals surface area (Å²) in [6, 6.07) is 9.49. The molecule has 0 aromatic heterocycles. The van der Waals surface area contributed by atoms with E-state index in [2.05, 4.69) is 0 Å². The van der Waals surface area contributed by atoms with Crippen LogP contribution in [0.15, 0.2) is 48.5 Å². The second-order valence-electron chi connectivity index (χ2n) is 6.49. The third kappa shape index (κ3) is 5.24. The fraction of sp³-hybridized carbons (Fsp3) is 0.300. The van der Waals surface area contributed by atoms with Crippen LogP contribution in [0.5, 0.6) is 5.75 Å². The fourth-order valence-corrected chi connectivity index (χ4v) is 2.94. The maximum Gasteiger partial charge on any atom is 0.416 e. The number of hydrogen-bond acceptors (Lipinski definition) is 3. The number of nitrogens with zero attached hydrogens (tertiary/aromatic N) is 2. The molecule has 1 aliphatic rings. The Kier molecular flexibility index (Phi) is 6.05. The number of piperazine rings is 1. The number of halogens is 4. The quantitative estimate of drug-likeness (QED) is 0.728. The van der Waals surface area contributed by atoms with Crippen LogP contribution in [0.3, 0.4) is 0 Å². The normalized spacial score (nSPS) is 14.6. The highest BCUT2D eigenvalue weighted by molar-refractivity contribution is 5.94. The maximum atomic E-state index is 13.1. The molecule has 1 fully saturated rings. The van der Waals surface area contributed by atoms with Crippen LogP contribution in [-0.4, -0.2) is 54.4 Å². The highest BCUT2D eigenvalue weighted by Crippen LogP contribution is 2.29. The molecule has 1 saturated heterocycles. The number of carbonyl (C=O) groups excluding carboxylic acids is 2. The lowest BCUT2D eigenvalue weighted by atomic mass is 10.1. The largest absolute Gasteiger partial charge is 0.484 e. The van der Waals surface area contributed by atoms with E-state index in [1.54, 1.807) is 0 Å². The average Bonchev–Trinajstić information content (AvgIpc) is 2.71. The van der Waals surface area contributed by atoms with Crippen LogP contribution in [0.1, 0.15) is 15.9 Å². The van der Waals surface area contributed by atoms with E-state index >= 15 is 0 Å². The van der Waals surface area contributed by atoms with Crippen LogP contribution in [0.2, 0.25) is 0 Å². The van der Waals surface area contributed by atoms with Crippen LogP contribution in [0.4, 0.5) is 17.6 Å². The summed E-state index contributed by atoms with van der Waals surface area (Å²) in [5.41, 5.74) is -0.657. The third-order valence-electron chi connectivity index (χ3n) is 4.54. The van der Waals surface area contributed by atoms with Gasteiger partial charge in [-0.15, -0.1) is 0 Å². The summed E-state index contributed by atoms with van der Waals surface area (Å²) in [5, 5.41) is 0. The van der Waals surface area contributed by atoms with Gasteiger partial charge in [0.1, 0.15) is 11.6 Å². The molecule has 1 aliphatic heterocycles. The van der Waals surface area contributed by atoms with Crippen LogP contribution in [0, 0.1) is 5.82 Å². The molecule has 0 N–H and O–H groups in total. The fourth-order valence-electron chi connectivity index (χ4n) is 2.94. The Hall–Kier alpha value is -3.10. The minimum absolute atomic E-state index is 0.159. The van der Waals surface area contributed by atoms with Gasteiger partial charge >= 0.3 is 6.18 Å². The second kappa shape index (κ2) is 8.50. The van der Waals surface area contributed by atoms with Gasteiger partial charge < -0.3 is 14.5 Å². The van der Waals surface area contributed by atoms with Crippen molar-refractivity contribution in [3.63, 3.8) is 0 Å². The summed E-state index contributed by atoms with van der Waals surface area (Å²) >= 11 is 0. The summed E-state index contributed by atoms with van der Waals surface area (Å²) in [5.74, 6) is -0.905. The zero-order valence-electron chi connectivity index (χ0n) is 15.3. The Morgan fingerprint density at radius 2 is 1.55 bits per heavy atom. The van der Waals surface area contributed by atoms with Crippen LogP contribution in [-0.2, 0) is 11.0 Å². The Labute approximate surface area is 164 Å². The van der Waals surface area contributed by atoms with E-state index < -0.39 is 17.6 Å². The number of ether oxygens (including phenoxy) is 1. The van der Waals surface area contributed by atoms with Crippen molar-refractivity contribution < 1.29 is 31.9 Å². The zero-order valence-corrected chi connectivity index (χ0v) is 15.3. The predicted octanol–water partition coefficient (Wildman–Crippen LogP) is 3.21. The standard InChI is InChI=1S/C20H18F4N2O3/c21-16-2-1-3-17(12-16)29-13-18(27)25-8-10-26(11-9-25)19(28)14-4-6-15(7-5-14)20(22,23)24/h1-7,12H,8-11,13H2. The Morgan fingerprint density at radius 3 is 2.14 bits per heavy atom. The molecule has 2 amide bonds. The SMILES string of the molecule is O=C(COc1cccc(F)c1)N1CCN(C(=O)c2ccc(C(F)(F)F)cc2)CC1. The van der Waals surface area contributed by atoms with Gasteiger partial charge in [-0.05, 0) is 36.4 Å². The van der Waals surface area contributed by atoms with Crippen molar-refractivity contribution in [2.24, 2.45) is 0 Å². The van der Waals surface area contributed by atoms with Crippen molar-refractivity contribution in [2.45, 2.75) is 6.18 Å². The third-order valence-corrected chi connectivity index (χ3v) is 4.54. The summed E-state index contributed by atoms with van der Waals surface area (Å²) in [6.07, 6.45) is -4.46. The van der Waals surface area contributed by atoms with Crippen LogP contribution in [0.25, 0.3) is 0 Å². The zero-order chi connectivity index (χ0) is 21.0. The van der Waals surface area contributed by atoms with Crippen molar-refractivity contribution in [1.29, 1.82) is 0 Å². The van der Waals surface area contributed by atoms with E-state index in [1.165, 1.54) is 34.1 Å². The summed E-state index contributed by atoms with van der Waals surface area (Å²) in [6.45, 7) is 0.808. The lowest BCUT2D eigenvalue weighted by Gasteiger charge is -2.34. The molecule has 0 unspecified atom stereocenters. The lowest BCUT2D eigenvalue weighted by molar-refractivity contribution is -0.137. The van der Waals surface area contributed by atoms with E-state index in [4.69, 9.17) is 4.74 Å². The first-order chi connectivity index (χ1) is 13.7. The van der Waals surface area contributed by atoms with Gasteiger partial charge in [0, 0.05) is 37.8 Å². The predicted molar refractivity (Wildman–Crippen MR) is 95.8 cm³/mol. The van der Waals surface area contributed by atoms with Gasteiger partial charge in [-0.1, -0.05) is 6.07 Å². The van der Waals surface area contributed by atoms with E-state index in [0.717, 1.165) is 24.3 Å². The van der Waals surface area contributed by atoms with Gasteiger partial charge in [-0.25, -0.2) is 4.39 Å². The molecule has 154 valence electrons. The minimum atomic E-state index is -4.46. The van der Waals surface area contributed by atoms with Crippen LogP contribution >= 0.6 is 0 Å². The summed E-state index contributed by atoms with van der Waals surface area (Å²) < 4.78 is 56.3. The average molecular weight is 410 g/mol. The van der Waals surface area contributed by atoms with Gasteiger partial charge in [0.25, 0.3) is 11.8 Å². The lowest BCUT2D eigenvalue weighted by Crippen LogP contribution is -2.51. The molecule has 0 spiro atoms. The number of amides is 2. The van der Waals surface area contributed by atoms with E-state index in [0.29, 0.717) is 0 Å². The molecule has 0 bridgehead atoms. The smallest absolute Gasteiger partial charge is 0.416 e. The first kappa shape index (κ1) is 20.6. The number of carbonyl (C=O) groups is 2. The van der Waals surface area contributed by atoms with Crippen molar-refractivity contribution in [1.82, 2.24) is 9.80 Å². The van der Waals surface area contributed by atoms with Gasteiger partial charge in [0.2, 0.25) is 0 Å². The molecule has 2 aromatic carbocycles. The molecular weight excluding hydrogens is 392 g/mol. The van der Waals surface area contributed by atoms with E-state index in [-0.39, 0.29) is 55.9 Å². The molecule has 1 heterocycles. The first-order valence-electron chi connectivity index (χ1n) is 8.87. The monoisotopic (exact) mass is 410 g/mol. The molecule has 9 heteroatoms. The van der Waals surface area contributed by atoms with Gasteiger partial charge in [0.15, 0.2) is 6.61 Å². The molecule has 2 aromatic rings. The van der Waals surface area contributed by atoms with Crippen LogP contribution < -0.4 is 4.74 Å². The second-order valence-corrected chi connectivity index (χ2v) is 6.49. The highest BCUT2D eigenvalue weighted by Gasteiger charge is 2.31. The topological polar surface area (TPSA) is 49.9 Å². The van der Waals surface area contributed by atoms with Crippen molar-refractivity contribution in [3.8, 4) is 5.75 Å². The van der Waals surface area contributed by atoms with Gasteiger partial charge in [-0.3, -0.25) is 9.59 Å². The van der Waals surface area contributed by atoms with Crippen molar-refractivity contribution in [3.05, 3.63) is 65.5 Å². The van der Waals surface area contributed by atoms with E-state index in [9.17, 15) is 27.2 Å². The van der Waals surface area contributed by atoms with Gasteiger partial charge in [0.05, 0.1) is 5.56 Å². The summed E-state index contributed by atoms with van der Waals surface area (Å²) in [4.78, 5) is 27.7. The number of hydrogen-bond donors (Lipinski definition) is 0. The molecule has 0 aliphatic carbocycles. The molecule has 0 atom stereocenters.